The highest BCUT2D eigenvalue weighted by Crippen LogP contribution is 2.21. The number of carbonyl (C=O) groups is 2. The molecule has 2 rings (SSSR count). The van der Waals surface area contributed by atoms with Crippen molar-refractivity contribution in [2.24, 2.45) is 7.05 Å². The van der Waals surface area contributed by atoms with Crippen molar-refractivity contribution in [2.45, 2.75) is 13.0 Å². The molecule has 0 saturated heterocycles. The average molecular weight is 206 g/mol. The van der Waals surface area contributed by atoms with Gasteiger partial charge >= 0.3 is 0 Å². The van der Waals surface area contributed by atoms with Crippen molar-refractivity contribution in [2.75, 3.05) is 0 Å². The topological polar surface area (TPSA) is 68.1 Å². The van der Waals surface area contributed by atoms with E-state index in [0.717, 1.165) is 4.90 Å². The Kier molecular flexibility index (Phi) is 2.11. The number of imide groups is 1. The molecule has 0 radical (unpaired) electrons. The summed E-state index contributed by atoms with van der Waals surface area (Å²) in [5, 5.41) is 7.58. The van der Waals surface area contributed by atoms with Crippen LogP contribution in [0.3, 0.4) is 0 Å². The fourth-order valence-corrected chi connectivity index (χ4v) is 1.58. The Morgan fingerprint density at radius 1 is 1.27 bits per heavy atom. The normalized spacial score (nSPS) is 17.6. The molecule has 0 fully saturated rings. The number of aryl methyl sites for hydroxylation is 1. The summed E-state index contributed by atoms with van der Waals surface area (Å²) in [5.74, 6) is -0.0357. The Morgan fingerprint density at radius 3 is 2.33 bits per heavy atom. The van der Waals surface area contributed by atoms with Gasteiger partial charge in [-0.25, -0.2) is 0 Å². The zero-order chi connectivity index (χ0) is 11.0. The molecule has 2 amide bonds. The molecule has 0 bridgehead atoms. The van der Waals surface area contributed by atoms with Crippen LogP contribution < -0.4 is 0 Å². The molecule has 78 valence electrons. The number of aromatic nitrogens is 3. The van der Waals surface area contributed by atoms with Crippen LogP contribution in [0.15, 0.2) is 18.5 Å². The summed E-state index contributed by atoms with van der Waals surface area (Å²) in [6.07, 6.45) is 4.05. The van der Waals surface area contributed by atoms with Gasteiger partial charge < -0.3 is 4.57 Å². The van der Waals surface area contributed by atoms with Crippen LogP contribution in [-0.2, 0) is 16.6 Å². The van der Waals surface area contributed by atoms with Crippen LogP contribution in [0.25, 0.3) is 0 Å². The van der Waals surface area contributed by atoms with Gasteiger partial charge in [0.1, 0.15) is 6.33 Å². The smallest absolute Gasteiger partial charge is 0.254 e. The van der Waals surface area contributed by atoms with Crippen LogP contribution in [0.5, 0.6) is 0 Å². The fraction of sp³-hybridized carbons (Fsp3) is 0.333. The van der Waals surface area contributed by atoms with E-state index < -0.39 is 6.04 Å². The van der Waals surface area contributed by atoms with Crippen molar-refractivity contribution in [1.82, 2.24) is 19.7 Å². The zero-order valence-electron chi connectivity index (χ0n) is 8.41. The third kappa shape index (κ3) is 1.43. The minimum atomic E-state index is -0.396. The summed E-state index contributed by atoms with van der Waals surface area (Å²) >= 11 is 0. The Balaban J connectivity index is 2.29. The molecule has 0 saturated carbocycles. The lowest BCUT2D eigenvalue weighted by Gasteiger charge is -2.21. The quantitative estimate of drug-likeness (QED) is 0.628. The number of amides is 2. The molecule has 1 atom stereocenters. The fourth-order valence-electron chi connectivity index (χ4n) is 1.58. The summed E-state index contributed by atoms with van der Waals surface area (Å²) < 4.78 is 1.68. The summed E-state index contributed by atoms with van der Waals surface area (Å²) in [7, 11) is 1.77. The zero-order valence-corrected chi connectivity index (χ0v) is 8.41. The molecule has 2 heterocycles. The highest BCUT2D eigenvalue weighted by atomic mass is 16.2. The van der Waals surface area contributed by atoms with E-state index in [0.29, 0.717) is 5.82 Å². The maximum absolute atomic E-state index is 11.4. The average Bonchev–Trinajstić information content (AvgIpc) is 2.73. The van der Waals surface area contributed by atoms with Crippen LogP contribution in [0.1, 0.15) is 18.8 Å². The number of rotatable bonds is 2. The largest absolute Gasteiger partial charge is 0.319 e. The van der Waals surface area contributed by atoms with E-state index in [1.54, 1.807) is 18.5 Å². The molecule has 1 aromatic heterocycles. The van der Waals surface area contributed by atoms with Crippen molar-refractivity contribution in [3.8, 4) is 0 Å². The van der Waals surface area contributed by atoms with Gasteiger partial charge in [0.25, 0.3) is 11.8 Å². The van der Waals surface area contributed by atoms with Gasteiger partial charge in [-0.15, -0.1) is 10.2 Å². The molecular formula is C9H10N4O2. The number of nitrogens with zero attached hydrogens (tertiary/aromatic N) is 4. The lowest BCUT2D eigenvalue weighted by molar-refractivity contribution is -0.139. The van der Waals surface area contributed by atoms with Crippen molar-refractivity contribution in [3.05, 3.63) is 24.3 Å². The predicted octanol–water partition coefficient (Wildman–Crippen LogP) is -0.199. The van der Waals surface area contributed by atoms with Gasteiger partial charge in [-0.2, -0.15) is 0 Å². The minimum Gasteiger partial charge on any atom is -0.319 e. The molecule has 0 aliphatic carbocycles. The van der Waals surface area contributed by atoms with Gasteiger partial charge in [-0.3, -0.25) is 14.5 Å². The van der Waals surface area contributed by atoms with E-state index in [9.17, 15) is 9.59 Å². The highest BCUT2D eigenvalue weighted by molar-refractivity contribution is 6.13. The number of carbonyl (C=O) groups excluding carboxylic acids is 2. The molecule has 1 aromatic rings. The number of hydrogen-bond donors (Lipinski definition) is 0. The molecule has 15 heavy (non-hydrogen) atoms. The van der Waals surface area contributed by atoms with Gasteiger partial charge in [0.2, 0.25) is 0 Å². The second-order valence-electron chi connectivity index (χ2n) is 3.36. The second-order valence-corrected chi connectivity index (χ2v) is 3.36. The molecule has 0 spiro atoms. The van der Waals surface area contributed by atoms with Gasteiger partial charge in [-0.05, 0) is 6.92 Å². The highest BCUT2D eigenvalue weighted by Gasteiger charge is 2.31. The minimum absolute atomic E-state index is 0.310. The van der Waals surface area contributed by atoms with E-state index >= 15 is 0 Å². The summed E-state index contributed by atoms with van der Waals surface area (Å²) in [5.41, 5.74) is 0. The predicted molar refractivity (Wildman–Crippen MR) is 50.4 cm³/mol. The molecule has 6 heteroatoms. The van der Waals surface area contributed by atoms with Crippen molar-refractivity contribution in [1.29, 1.82) is 0 Å². The number of hydrogen-bond acceptors (Lipinski definition) is 4. The van der Waals surface area contributed by atoms with E-state index in [1.165, 1.54) is 18.5 Å². The Hall–Kier alpha value is -1.98. The van der Waals surface area contributed by atoms with Gasteiger partial charge in [0.05, 0.1) is 6.04 Å². The maximum atomic E-state index is 11.4. The monoisotopic (exact) mass is 206 g/mol. The Morgan fingerprint density at radius 2 is 1.87 bits per heavy atom. The van der Waals surface area contributed by atoms with Crippen LogP contribution in [0.4, 0.5) is 0 Å². The third-order valence-electron chi connectivity index (χ3n) is 2.35. The van der Waals surface area contributed by atoms with Crippen molar-refractivity contribution < 1.29 is 9.59 Å². The van der Waals surface area contributed by atoms with Crippen LogP contribution in [0.2, 0.25) is 0 Å². The molecular weight excluding hydrogens is 196 g/mol. The van der Waals surface area contributed by atoms with E-state index in [-0.39, 0.29) is 11.8 Å². The maximum Gasteiger partial charge on any atom is 0.254 e. The van der Waals surface area contributed by atoms with Gasteiger partial charge in [0, 0.05) is 19.2 Å². The first kappa shape index (κ1) is 9.57. The van der Waals surface area contributed by atoms with E-state index in [1.807, 2.05) is 0 Å². The summed E-state index contributed by atoms with van der Waals surface area (Å²) in [6, 6.07) is -0.396. The van der Waals surface area contributed by atoms with Gasteiger partial charge in [-0.1, -0.05) is 0 Å². The standard InChI is InChI=1S/C9H10N4O2/c1-6(9-11-10-5-12(9)2)13-7(14)3-4-8(13)15/h3-6H,1-2H3. The van der Waals surface area contributed by atoms with Crippen molar-refractivity contribution >= 4 is 11.8 Å². The van der Waals surface area contributed by atoms with Crippen LogP contribution in [0, 0.1) is 0 Å². The first-order valence-corrected chi connectivity index (χ1v) is 4.50. The SMILES string of the molecule is CC(c1nncn1C)N1C(=O)C=CC1=O. The third-order valence-corrected chi connectivity index (χ3v) is 2.35. The summed E-state index contributed by atoms with van der Waals surface area (Å²) in [4.78, 5) is 23.9. The molecule has 1 aliphatic heterocycles. The second kappa shape index (κ2) is 3.30. The molecule has 6 nitrogen and oxygen atoms in total. The first-order chi connectivity index (χ1) is 7.11. The molecule has 0 N–H and O–H groups in total. The lowest BCUT2D eigenvalue weighted by Crippen LogP contribution is -2.34. The lowest BCUT2D eigenvalue weighted by atomic mass is 10.2. The van der Waals surface area contributed by atoms with Crippen LogP contribution >= 0.6 is 0 Å². The van der Waals surface area contributed by atoms with Crippen molar-refractivity contribution in [3.63, 3.8) is 0 Å². The van der Waals surface area contributed by atoms with Crippen LogP contribution in [-0.4, -0.2) is 31.5 Å². The van der Waals surface area contributed by atoms with E-state index in [4.69, 9.17) is 0 Å². The summed E-state index contributed by atoms with van der Waals surface area (Å²) in [6.45, 7) is 1.74. The van der Waals surface area contributed by atoms with Gasteiger partial charge in [0.15, 0.2) is 5.82 Å². The Labute approximate surface area is 86.2 Å². The molecule has 0 aromatic carbocycles. The Bertz CT molecular complexity index is 431. The van der Waals surface area contributed by atoms with E-state index in [2.05, 4.69) is 10.2 Å². The molecule has 1 unspecified atom stereocenters. The molecule has 1 aliphatic rings. The first-order valence-electron chi connectivity index (χ1n) is 4.50.